The molecule has 1 aliphatic rings. The Morgan fingerprint density at radius 1 is 1.18 bits per heavy atom. The highest BCUT2D eigenvalue weighted by Crippen LogP contribution is 2.26. The van der Waals surface area contributed by atoms with Crippen LogP contribution in [0.25, 0.3) is 0 Å². The smallest absolute Gasteiger partial charge is 0.387 e. The molecule has 0 fully saturated rings. The van der Waals surface area contributed by atoms with Crippen molar-refractivity contribution in [3.05, 3.63) is 59.7 Å². The number of benzene rings is 2. The third-order valence-corrected chi connectivity index (χ3v) is 5.34. The summed E-state index contributed by atoms with van der Waals surface area (Å²) < 4.78 is 57.3. The Kier molecular flexibility index (Phi) is 5.59. The number of amidine groups is 1. The van der Waals surface area contributed by atoms with E-state index in [1.807, 2.05) is 0 Å². The van der Waals surface area contributed by atoms with E-state index in [1.165, 1.54) is 17.0 Å². The first-order chi connectivity index (χ1) is 13.3. The number of ether oxygens (including phenoxy) is 1. The van der Waals surface area contributed by atoms with E-state index >= 15 is 0 Å². The van der Waals surface area contributed by atoms with E-state index in [4.69, 9.17) is 0 Å². The van der Waals surface area contributed by atoms with Crippen LogP contribution in [0.15, 0.2) is 57.8 Å². The number of alkyl halides is 2. The summed E-state index contributed by atoms with van der Waals surface area (Å²) in [6.07, 6.45) is 0. The van der Waals surface area contributed by atoms with Crippen molar-refractivity contribution in [2.75, 3.05) is 13.6 Å². The number of fused-ring (bicyclic) bond motifs is 1. The molecule has 0 atom stereocenters. The molecule has 0 radical (unpaired) electrons. The van der Waals surface area contributed by atoms with Gasteiger partial charge in [-0.3, -0.25) is 4.79 Å². The first kappa shape index (κ1) is 19.7. The van der Waals surface area contributed by atoms with Gasteiger partial charge in [0.1, 0.15) is 10.6 Å². The topological polar surface area (TPSA) is 88.1 Å². The summed E-state index contributed by atoms with van der Waals surface area (Å²) in [4.78, 5) is 13.8. The summed E-state index contributed by atoms with van der Waals surface area (Å²) in [5, 5.41) is 2.60. The number of amides is 1. The van der Waals surface area contributed by atoms with Gasteiger partial charge < -0.3 is 15.0 Å². The molecule has 10 heteroatoms. The van der Waals surface area contributed by atoms with E-state index in [0.717, 1.165) is 0 Å². The Labute approximate surface area is 160 Å². The second kappa shape index (κ2) is 7.93. The maximum absolute atomic E-state index is 12.4. The van der Waals surface area contributed by atoms with E-state index in [-0.39, 0.29) is 29.6 Å². The number of nitrogens with zero attached hydrogens (tertiary/aromatic N) is 2. The lowest BCUT2D eigenvalue weighted by atomic mass is 10.2. The van der Waals surface area contributed by atoms with E-state index in [1.54, 1.807) is 43.4 Å². The Balaban J connectivity index is 1.65. The molecule has 148 valence electrons. The molecule has 1 heterocycles. The Morgan fingerprint density at radius 3 is 2.61 bits per heavy atom. The van der Waals surface area contributed by atoms with Crippen LogP contribution < -0.4 is 10.1 Å². The normalized spacial score (nSPS) is 14.4. The van der Waals surface area contributed by atoms with E-state index in [0.29, 0.717) is 11.1 Å². The summed E-state index contributed by atoms with van der Waals surface area (Å²) >= 11 is 0. The first-order valence-electron chi connectivity index (χ1n) is 8.23. The fraction of sp³-hybridized carbons (Fsp3) is 0.222. The van der Waals surface area contributed by atoms with Gasteiger partial charge in [0.15, 0.2) is 5.84 Å². The highest BCUT2D eigenvalue weighted by molar-refractivity contribution is 7.90. The molecule has 2 aromatic carbocycles. The minimum atomic E-state index is -3.78. The number of halogens is 2. The average molecular weight is 409 g/mol. The molecule has 0 saturated carbocycles. The summed E-state index contributed by atoms with van der Waals surface area (Å²) in [5.74, 6) is -0.280. The van der Waals surface area contributed by atoms with Gasteiger partial charge in [0.2, 0.25) is 5.91 Å². The molecule has 3 rings (SSSR count). The van der Waals surface area contributed by atoms with Crippen molar-refractivity contribution in [1.82, 2.24) is 10.2 Å². The number of sulfonamides is 1. The minimum Gasteiger partial charge on any atom is -0.434 e. The lowest BCUT2D eigenvalue weighted by molar-refractivity contribution is -0.121. The third kappa shape index (κ3) is 4.28. The molecule has 1 amide bonds. The molecule has 1 aliphatic heterocycles. The zero-order valence-corrected chi connectivity index (χ0v) is 15.6. The number of hydrogen-bond acceptors (Lipinski definition) is 5. The number of likely N-dealkylation sites (N-methyl/N-ethyl adjacent to an activating group) is 1. The highest BCUT2D eigenvalue weighted by Gasteiger charge is 2.30. The van der Waals surface area contributed by atoms with Gasteiger partial charge in [-0.2, -0.15) is 17.2 Å². The quantitative estimate of drug-likeness (QED) is 0.788. The van der Waals surface area contributed by atoms with Crippen molar-refractivity contribution in [1.29, 1.82) is 0 Å². The minimum absolute atomic E-state index is 0.0169. The van der Waals surface area contributed by atoms with Crippen molar-refractivity contribution in [3.63, 3.8) is 0 Å². The molecule has 0 spiro atoms. The number of carbonyl (C=O) groups excluding carboxylic acids is 1. The molecule has 0 bridgehead atoms. The van der Waals surface area contributed by atoms with Gasteiger partial charge >= 0.3 is 6.61 Å². The average Bonchev–Trinajstić information content (AvgIpc) is 2.92. The zero-order valence-electron chi connectivity index (χ0n) is 14.8. The summed E-state index contributed by atoms with van der Waals surface area (Å²) in [6, 6.07) is 12.5. The molecule has 0 aliphatic carbocycles. The molecular formula is C18H17F2N3O4S. The predicted molar refractivity (Wildman–Crippen MR) is 97.7 cm³/mol. The molecule has 2 aromatic rings. The van der Waals surface area contributed by atoms with Gasteiger partial charge in [0.05, 0.1) is 6.54 Å². The number of hydrogen-bond donors (Lipinski definition) is 1. The van der Waals surface area contributed by atoms with E-state index in [9.17, 15) is 22.0 Å². The van der Waals surface area contributed by atoms with Crippen LogP contribution in [0.3, 0.4) is 0 Å². The van der Waals surface area contributed by atoms with Crippen molar-refractivity contribution >= 4 is 21.8 Å². The highest BCUT2D eigenvalue weighted by atomic mass is 32.2. The Hall–Kier alpha value is -3.01. The molecular weight excluding hydrogens is 392 g/mol. The monoisotopic (exact) mass is 409 g/mol. The summed E-state index contributed by atoms with van der Waals surface area (Å²) in [7, 11) is -2.24. The maximum Gasteiger partial charge on any atom is 0.387 e. The van der Waals surface area contributed by atoms with Crippen molar-refractivity contribution in [3.8, 4) is 5.75 Å². The van der Waals surface area contributed by atoms with Crippen LogP contribution in [-0.2, 0) is 21.4 Å². The number of carbonyl (C=O) groups is 1. The molecule has 0 saturated heterocycles. The van der Waals surface area contributed by atoms with Gasteiger partial charge in [-0.05, 0) is 18.2 Å². The SMILES string of the molecule is CN(CC(=O)NCc1ccccc1OC(F)F)C1=NS(=O)(=O)c2ccccc21. The van der Waals surface area contributed by atoms with Gasteiger partial charge in [-0.15, -0.1) is 4.40 Å². The second-order valence-corrected chi connectivity index (χ2v) is 7.58. The van der Waals surface area contributed by atoms with Gasteiger partial charge in [-0.25, -0.2) is 0 Å². The van der Waals surface area contributed by atoms with E-state index < -0.39 is 22.5 Å². The Bertz CT molecular complexity index is 1020. The van der Waals surface area contributed by atoms with Crippen LogP contribution in [0, 0.1) is 0 Å². The standard InChI is InChI=1S/C18H17F2N3O4S/c1-23(17-13-7-3-5-9-15(13)28(25,26)22-17)11-16(24)21-10-12-6-2-4-8-14(12)27-18(19)20/h2-9,18H,10-11H2,1H3,(H,21,24). The lowest BCUT2D eigenvalue weighted by Gasteiger charge is -2.19. The molecule has 28 heavy (non-hydrogen) atoms. The molecule has 1 N–H and O–H groups in total. The van der Waals surface area contributed by atoms with Crippen LogP contribution in [0.4, 0.5) is 8.78 Å². The molecule has 7 nitrogen and oxygen atoms in total. The molecule has 0 aromatic heterocycles. The van der Waals surface area contributed by atoms with E-state index in [2.05, 4.69) is 14.5 Å². The fourth-order valence-corrected chi connectivity index (χ4v) is 4.02. The molecule has 0 unspecified atom stereocenters. The lowest BCUT2D eigenvalue weighted by Crippen LogP contribution is -2.38. The van der Waals surface area contributed by atoms with Gasteiger partial charge in [0.25, 0.3) is 10.0 Å². The fourth-order valence-electron chi connectivity index (χ4n) is 2.76. The summed E-state index contributed by atoms with van der Waals surface area (Å²) in [6.45, 7) is -3.15. The Morgan fingerprint density at radius 2 is 1.86 bits per heavy atom. The maximum atomic E-state index is 12.4. The first-order valence-corrected chi connectivity index (χ1v) is 9.67. The van der Waals surface area contributed by atoms with Crippen LogP contribution in [0.5, 0.6) is 5.75 Å². The largest absolute Gasteiger partial charge is 0.434 e. The van der Waals surface area contributed by atoms with Crippen molar-refractivity contribution < 1.29 is 26.7 Å². The van der Waals surface area contributed by atoms with Gasteiger partial charge in [0, 0.05) is 24.7 Å². The van der Waals surface area contributed by atoms with Crippen LogP contribution in [0.2, 0.25) is 0 Å². The van der Waals surface area contributed by atoms with Gasteiger partial charge in [-0.1, -0.05) is 30.3 Å². The van der Waals surface area contributed by atoms with Crippen LogP contribution in [-0.4, -0.2) is 45.3 Å². The van der Waals surface area contributed by atoms with Crippen LogP contribution in [0.1, 0.15) is 11.1 Å². The van der Waals surface area contributed by atoms with Crippen molar-refractivity contribution in [2.45, 2.75) is 18.1 Å². The summed E-state index contributed by atoms with van der Waals surface area (Å²) in [5.41, 5.74) is 0.818. The second-order valence-electron chi connectivity index (χ2n) is 6.01. The predicted octanol–water partition coefficient (Wildman–Crippen LogP) is 1.99. The number of para-hydroxylation sites is 1. The number of nitrogens with one attached hydrogen (secondary N) is 1. The number of rotatable bonds is 6. The zero-order chi connectivity index (χ0) is 20.3. The van der Waals surface area contributed by atoms with Crippen molar-refractivity contribution in [2.24, 2.45) is 4.40 Å². The third-order valence-electron chi connectivity index (χ3n) is 4.02. The van der Waals surface area contributed by atoms with Crippen LogP contribution >= 0.6 is 0 Å².